The minimum Gasteiger partial charge on any atom is -0.456 e. The van der Waals surface area contributed by atoms with Crippen LogP contribution in [-0.2, 0) is 5.41 Å². The SMILES string of the molecule is CC1(C)c2cc3oc4ccc(-c5ccccc5)cc4c3cc2-c2ccc3c4cc(-c5ccc6oc7ccc(-c8ccccc8)cc7c6c5)ccc4n(-c4ccccc4)c3c21. The number of nitrogens with zero attached hydrogens (tertiary/aromatic N) is 1. The highest BCUT2D eigenvalue weighted by Gasteiger charge is 2.39. The van der Waals surface area contributed by atoms with Gasteiger partial charge in [0.25, 0.3) is 0 Å². The number of rotatable bonds is 4. The standard InChI is InChI=1S/C57H37NO2/c1-57(2)49-33-54-48(47-30-37(20-26-53(47)60-54)35-14-8-4-9-15-35)32-43(49)41-22-23-42-44-28-38(18-24-50(44)58(56(42)55(41)57)40-16-10-5-11-17-40)39-21-27-52-46(31-39)45-29-36(19-25-51(45)59-52)34-12-6-3-7-13-34/h3-33H,1-2H3. The Morgan fingerprint density at radius 3 is 1.43 bits per heavy atom. The topological polar surface area (TPSA) is 31.2 Å². The fourth-order valence-corrected chi connectivity index (χ4v) is 10.3. The van der Waals surface area contributed by atoms with Crippen molar-refractivity contribution in [3.05, 3.63) is 199 Å². The van der Waals surface area contributed by atoms with Gasteiger partial charge in [-0.2, -0.15) is 0 Å². The Balaban J connectivity index is 1.01. The first-order chi connectivity index (χ1) is 29.5. The molecule has 3 aromatic heterocycles. The van der Waals surface area contributed by atoms with E-state index in [1.807, 2.05) is 0 Å². The second kappa shape index (κ2) is 12.2. The Bertz CT molecular complexity index is 3720. The van der Waals surface area contributed by atoms with Crippen molar-refractivity contribution in [2.45, 2.75) is 19.3 Å². The molecule has 3 nitrogen and oxygen atoms in total. The first-order valence-electron chi connectivity index (χ1n) is 20.7. The summed E-state index contributed by atoms with van der Waals surface area (Å²) in [7, 11) is 0. The van der Waals surface area contributed by atoms with E-state index in [0.717, 1.165) is 55.1 Å². The number of benzene rings is 9. The van der Waals surface area contributed by atoms with Crippen LogP contribution in [0.5, 0.6) is 0 Å². The van der Waals surface area contributed by atoms with Gasteiger partial charge in [-0.25, -0.2) is 0 Å². The molecule has 60 heavy (non-hydrogen) atoms. The van der Waals surface area contributed by atoms with Crippen LogP contribution in [0.2, 0.25) is 0 Å². The Labute approximate surface area is 346 Å². The lowest BCUT2D eigenvalue weighted by Crippen LogP contribution is -2.16. The molecule has 9 aromatic carbocycles. The number of furan rings is 2. The molecular formula is C57H37NO2. The van der Waals surface area contributed by atoms with E-state index in [1.165, 1.54) is 71.9 Å². The van der Waals surface area contributed by atoms with Crippen LogP contribution in [0.1, 0.15) is 25.0 Å². The van der Waals surface area contributed by atoms with E-state index in [2.05, 4.69) is 206 Å². The van der Waals surface area contributed by atoms with Crippen molar-refractivity contribution in [2.24, 2.45) is 0 Å². The second-order valence-electron chi connectivity index (χ2n) is 16.9. The minimum atomic E-state index is -0.289. The molecule has 0 spiro atoms. The zero-order valence-corrected chi connectivity index (χ0v) is 33.2. The van der Waals surface area contributed by atoms with Crippen molar-refractivity contribution in [1.82, 2.24) is 4.57 Å². The number of hydrogen-bond acceptors (Lipinski definition) is 2. The molecule has 0 bridgehead atoms. The summed E-state index contributed by atoms with van der Waals surface area (Å²) in [6.07, 6.45) is 0. The molecule has 0 N–H and O–H groups in total. The first kappa shape index (κ1) is 33.4. The van der Waals surface area contributed by atoms with Gasteiger partial charge in [-0.05, 0) is 128 Å². The van der Waals surface area contributed by atoms with E-state index in [-0.39, 0.29) is 5.41 Å². The average Bonchev–Trinajstić information content (AvgIpc) is 4.01. The molecule has 0 amide bonds. The fraction of sp³-hybridized carbons (Fsp3) is 0.0526. The number of aromatic nitrogens is 1. The highest BCUT2D eigenvalue weighted by Crippen LogP contribution is 2.55. The monoisotopic (exact) mass is 767 g/mol. The molecule has 3 heteroatoms. The third-order valence-corrected chi connectivity index (χ3v) is 13.2. The van der Waals surface area contributed by atoms with Crippen molar-refractivity contribution in [2.75, 3.05) is 0 Å². The molecule has 13 rings (SSSR count). The van der Waals surface area contributed by atoms with E-state index in [4.69, 9.17) is 8.83 Å². The van der Waals surface area contributed by atoms with Crippen LogP contribution in [0, 0.1) is 0 Å². The number of hydrogen-bond donors (Lipinski definition) is 0. The van der Waals surface area contributed by atoms with Gasteiger partial charge in [-0.1, -0.05) is 129 Å². The summed E-state index contributed by atoms with van der Waals surface area (Å²) in [6.45, 7) is 4.76. The minimum absolute atomic E-state index is 0.289. The summed E-state index contributed by atoms with van der Waals surface area (Å²) in [5, 5.41) is 7.03. The van der Waals surface area contributed by atoms with Crippen LogP contribution in [0.15, 0.2) is 197 Å². The van der Waals surface area contributed by atoms with Crippen LogP contribution in [-0.4, -0.2) is 4.57 Å². The summed E-state index contributed by atoms with van der Waals surface area (Å²) < 4.78 is 15.5. The van der Waals surface area contributed by atoms with E-state index in [9.17, 15) is 0 Å². The van der Waals surface area contributed by atoms with Crippen molar-refractivity contribution in [3.8, 4) is 50.2 Å². The molecule has 0 atom stereocenters. The Morgan fingerprint density at radius 1 is 0.367 bits per heavy atom. The van der Waals surface area contributed by atoms with Crippen LogP contribution in [0.4, 0.5) is 0 Å². The lowest BCUT2D eigenvalue weighted by atomic mass is 9.81. The van der Waals surface area contributed by atoms with Gasteiger partial charge in [0, 0.05) is 43.4 Å². The molecule has 282 valence electrons. The van der Waals surface area contributed by atoms with Crippen molar-refractivity contribution < 1.29 is 8.83 Å². The smallest absolute Gasteiger partial charge is 0.135 e. The summed E-state index contributed by atoms with van der Waals surface area (Å²) in [6, 6.07) is 68.1. The van der Waals surface area contributed by atoms with Gasteiger partial charge in [0.2, 0.25) is 0 Å². The van der Waals surface area contributed by atoms with Crippen LogP contribution in [0.25, 0.3) is 116 Å². The summed E-state index contributed by atoms with van der Waals surface area (Å²) in [5.41, 5.74) is 19.3. The van der Waals surface area contributed by atoms with Gasteiger partial charge in [-0.15, -0.1) is 0 Å². The van der Waals surface area contributed by atoms with Crippen LogP contribution in [0.3, 0.4) is 0 Å². The molecule has 1 aliphatic carbocycles. The lowest BCUT2D eigenvalue weighted by Gasteiger charge is -2.23. The largest absolute Gasteiger partial charge is 0.456 e. The molecule has 1 aliphatic rings. The van der Waals surface area contributed by atoms with Gasteiger partial charge in [0.1, 0.15) is 22.3 Å². The lowest BCUT2D eigenvalue weighted by molar-refractivity contribution is 0.649. The van der Waals surface area contributed by atoms with Gasteiger partial charge < -0.3 is 13.4 Å². The third-order valence-electron chi connectivity index (χ3n) is 13.2. The van der Waals surface area contributed by atoms with E-state index >= 15 is 0 Å². The Hall–Kier alpha value is -7.62. The Kier molecular flexibility index (Phi) is 6.78. The normalized spacial score (nSPS) is 13.3. The highest BCUT2D eigenvalue weighted by molar-refractivity contribution is 6.16. The fourth-order valence-electron chi connectivity index (χ4n) is 10.3. The maximum atomic E-state index is 6.60. The zero-order valence-electron chi connectivity index (χ0n) is 33.2. The molecule has 12 aromatic rings. The van der Waals surface area contributed by atoms with Crippen LogP contribution < -0.4 is 0 Å². The predicted molar refractivity (Wildman–Crippen MR) is 249 cm³/mol. The molecule has 0 fully saturated rings. The summed E-state index contributed by atoms with van der Waals surface area (Å²) in [4.78, 5) is 0. The quantitative estimate of drug-likeness (QED) is 0.179. The van der Waals surface area contributed by atoms with Gasteiger partial charge in [0.15, 0.2) is 0 Å². The molecule has 0 unspecified atom stereocenters. The van der Waals surface area contributed by atoms with Gasteiger partial charge >= 0.3 is 0 Å². The predicted octanol–water partition coefficient (Wildman–Crippen LogP) is 15.9. The maximum Gasteiger partial charge on any atom is 0.135 e. The maximum absolute atomic E-state index is 6.60. The second-order valence-corrected chi connectivity index (χ2v) is 16.9. The third kappa shape index (κ3) is 4.72. The van der Waals surface area contributed by atoms with Gasteiger partial charge in [0.05, 0.1) is 11.0 Å². The molecule has 3 heterocycles. The molecular weight excluding hydrogens is 731 g/mol. The molecule has 0 saturated heterocycles. The molecule has 0 radical (unpaired) electrons. The van der Waals surface area contributed by atoms with Crippen molar-refractivity contribution in [1.29, 1.82) is 0 Å². The summed E-state index contributed by atoms with van der Waals surface area (Å²) >= 11 is 0. The zero-order chi connectivity index (χ0) is 39.7. The molecule has 0 aliphatic heterocycles. The van der Waals surface area contributed by atoms with Crippen molar-refractivity contribution in [3.63, 3.8) is 0 Å². The van der Waals surface area contributed by atoms with E-state index in [0.29, 0.717) is 0 Å². The number of para-hydroxylation sites is 1. The summed E-state index contributed by atoms with van der Waals surface area (Å²) in [5.74, 6) is 0. The highest BCUT2D eigenvalue weighted by atomic mass is 16.3. The number of fused-ring (bicyclic) bond motifs is 13. The van der Waals surface area contributed by atoms with E-state index < -0.39 is 0 Å². The average molecular weight is 768 g/mol. The molecule has 0 saturated carbocycles. The van der Waals surface area contributed by atoms with Gasteiger partial charge in [-0.3, -0.25) is 0 Å². The van der Waals surface area contributed by atoms with Crippen molar-refractivity contribution >= 4 is 65.7 Å². The van der Waals surface area contributed by atoms with E-state index in [1.54, 1.807) is 0 Å². The Morgan fingerprint density at radius 2 is 0.850 bits per heavy atom. The first-order valence-corrected chi connectivity index (χ1v) is 20.7. The van der Waals surface area contributed by atoms with Crippen LogP contribution >= 0.6 is 0 Å².